The van der Waals surface area contributed by atoms with Crippen LogP contribution in [0, 0.1) is 0 Å². The minimum atomic E-state index is -0.952. The quantitative estimate of drug-likeness (QED) is 0.801. The van der Waals surface area contributed by atoms with Crippen molar-refractivity contribution in [2.45, 2.75) is 0 Å². The van der Waals surface area contributed by atoms with E-state index in [1.165, 1.54) is 0 Å². The van der Waals surface area contributed by atoms with Gasteiger partial charge >= 0.3 is 6.03 Å². The number of nitrogens with one attached hydrogen (secondary N) is 2. The summed E-state index contributed by atoms with van der Waals surface area (Å²) in [6.07, 6.45) is 3.16. The molecule has 0 fully saturated rings. The minimum Gasteiger partial charge on any atom is -0.497 e. The number of anilines is 1. The zero-order chi connectivity index (χ0) is 17.4. The molecule has 1 heterocycles. The Morgan fingerprint density at radius 1 is 1.21 bits per heavy atom. The molecule has 8 heteroatoms. The van der Waals surface area contributed by atoms with Crippen molar-refractivity contribution in [1.82, 2.24) is 10.3 Å². The molecule has 2 rings (SSSR count). The number of nitrogens with zero attached hydrogens (tertiary/aromatic N) is 1. The number of rotatable bonds is 7. The number of hydrogen-bond donors (Lipinski definition) is 2. The van der Waals surface area contributed by atoms with Crippen LogP contribution in [0.15, 0.2) is 42.6 Å². The highest BCUT2D eigenvalue weighted by Crippen LogP contribution is 2.27. The Labute approximate surface area is 142 Å². The highest BCUT2D eigenvalue weighted by Gasteiger charge is 2.09. The second kappa shape index (κ2) is 8.88. The van der Waals surface area contributed by atoms with Crippen LogP contribution in [0.4, 0.5) is 10.5 Å². The van der Waals surface area contributed by atoms with Crippen LogP contribution in [0.1, 0.15) is 0 Å². The second-order valence-electron chi connectivity index (χ2n) is 4.79. The normalized spacial score (nSPS) is 11.4. The third-order valence-corrected chi connectivity index (χ3v) is 3.75. The van der Waals surface area contributed by atoms with Gasteiger partial charge in [0.15, 0.2) is 0 Å². The van der Waals surface area contributed by atoms with Crippen LogP contribution >= 0.6 is 0 Å². The average Bonchev–Trinajstić information content (AvgIpc) is 2.57. The van der Waals surface area contributed by atoms with Gasteiger partial charge in [0.2, 0.25) is 5.88 Å². The molecule has 7 nitrogen and oxygen atoms in total. The summed E-state index contributed by atoms with van der Waals surface area (Å²) in [5.74, 6) is 1.96. The topological polar surface area (TPSA) is 89.6 Å². The molecule has 2 aromatic rings. The molecule has 0 aliphatic heterocycles. The van der Waals surface area contributed by atoms with E-state index in [-0.39, 0.29) is 5.88 Å². The van der Waals surface area contributed by atoms with Crippen LogP contribution in [0.2, 0.25) is 0 Å². The average molecular weight is 349 g/mol. The summed E-state index contributed by atoms with van der Waals surface area (Å²) in [5.41, 5.74) is 0.434. The molecular weight excluding hydrogens is 330 g/mol. The van der Waals surface area contributed by atoms with Crippen LogP contribution in [0.5, 0.6) is 17.4 Å². The first-order chi connectivity index (χ1) is 11.6. The van der Waals surface area contributed by atoms with Gasteiger partial charge in [-0.15, -0.1) is 0 Å². The molecule has 0 bridgehead atoms. The van der Waals surface area contributed by atoms with Crippen molar-refractivity contribution in [2.24, 2.45) is 0 Å². The Kier molecular flexibility index (Phi) is 6.56. The van der Waals surface area contributed by atoms with Crippen LogP contribution in [-0.4, -0.2) is 40.9 Å². The minimum absolute atomic E-state index is 0.275. The lowest BCUT2D eigenvalue weighted by Gasteiger charge is -2.12. The van der Waals surface area contributed by atoms with Crippen molar-refractivity contribution in [3.05, 3.63) is 42.6 Å². The Balaban J connectivity index is 2.01. The Morgan fingerprint density at radius 3 is 2.58 bits per heavy atom. The summed E-state index contributed by atoms with van der Waals surface area (Å²) in [6.45, 7) is 0.323. The summed E-state index contributed by atoms with van der Waals surface area (Å²) in [6, 6.07) is 9.99. The number of hydrogen-bond acceptors (Lipinski definition) is 5. The van der Waals surface area contributed by atoms with E-state index in [2.05, 4.69) is 15.6 Å². The number of ether oxygens (including phenoxy) is 2. The van der Waals surface area contributed by atoms with Crippen molar-refractivity contribution in [1.29, 1.82) is 0 Å². The maximum atomic E-state index is 11.9. The molecule has 0 saturated carbocycles. The summed E-state index contributed by atoms with van der Waals surface area (Å²) < 4.78 is 21.8. The molecule has 0 unspecified atom stereocenters. The third-order valence-electron chi connectivity index (χ3n) is 2.97. The van der Waals surface area contributed by atoms with Crippen molar-refractivity contribution < 1.29 is 18.5 Å². The second-order valence-corrected chi connectivity index (χ2v) is 6.35. The molecule has 0 radical (unpaired) electrons. The molecule has 2 N–H and O–H groups in total. The number of pyridine rings is 1. The molecule has 1 aromatic carbocycles. The Bertz CT molecular complexity index is 707. The first-order valence-electron chi connectivity index (χ1n) is 7.20. The van der Waals surface area contributed by atoms with E-state index in [1.807, 2.05) is 0 Å². The summed E-state index contributed by atoms with van der Waals surface area (Å²) in [4.78, 5) is 16.0. The number of aromatic nitrogens is 1. The molecule has 1 aromatic heterocycles. The standard InChI is InChI=1S/C16H19N3O4S/c1-22-12-5-7-13(8-6-12)23-15-14(4-3-9-17-15)19-16(20)18-10-11-24(2)21/h3-9H,10-11H2,1-2H3,(H2,18,19,20)/t24-/m1/s1. The molecule has 24 heavy (non-hydrogen) atoms. The molecular formula is C16H19N3O4S. The van der Waals surface area contributed by atoms with Crippen molar-refractivity contribution in [3.63, 3.8) is 0 Å². The molecule has 2 amide bonds. The molecule has 0 saturated heterocycles. The van der Waals surface area contributed by atoms with Gasteiger partial charge in [-0.25, -0.2) is 9.78 Å². The lowest BCUT2D eigenvalue weighted by molar-refractivity contribution is 0.252. The van der Waals surface area contributed by atoms with E-state index in [1.54, 1.807) is 56.0 Å². The molecule has 0 spiro atoms. The van der Waals surface area contributed by atoms with E-state index in [0.29, 0.717) is 23.7 Å². The van der Waals surface area contributed by atoms with Gasteiger partial charge in [0, 0.05) is 35.5 Å². The van der Waals surface area contributed by atoms with E-state index in [4.69, 9.17) is 9.47 Å². The first-order valence-corrected chi connectivity index (χ1v) is 8.93. The van der Waals surface area contributed by atoms with Crippen LogP contribution in [0.25, 0.3) is 0 Å². The van der Waals surface area contributed by atoms with Crippen molar-refractivity contribution in [2.75, 3.05) is 31.0 Å². The van der Waals surface area contributed by atoms with Gasteiger partial charge in [-0.3, -0.25) is 4.21 Å². The maximum absolute atomic E-state index is 11.9. The summed E-state index contributed by atoms with van der Waals surface area (Å²) in [7, 11) is 0.635. The smallest absolute Gasteiger partial charge is 0.319 e. The monoisotopic (exact) mass is 349 g/mol. The fraction of sp³-hybridized carbons (Fsp3) is 0.250. The van der Waals surface area contributed by atoms with E-state index < -0.39 is 16.8 Å². The van der Waals surface area contributed by atoms with Crippen molar-refractivity contribution in [3.8, 4) is 17.4 Å². The van der Waals surface area contributed by atoms with E-state index in [9.17, 15) is 9.00 Å². The lowest BCUT2D eigenvalue weighted by Crippen LogP contribution is -2.31. The SMILES string of the molecule is COc1ccc(Oc2ncccc2NC(=O)NCC[S@@](C)=O)cc1. The van der Waals surface area contributed by atoms with Crippen LogP contribution in [0.3, 0.4) is 0 Å². The zero-order valence-electron chi connectivity index (χ0n) is 13.4. The lowest BCUT2D eigenvalue weighted by atomic mass is 10.3. The number of carbonyl (C=O) groups excluding carboxylic acids is 1. The van der Waals surface area contributed by atoms with Gasteiger partial charge in [-0.1, -0.05) is 0 Å². The van der Waals surface area contributed by atoms with Gasteiger partial charge in [-0.2, -0.15) is 0 Å². The molecule has 0 aliphatic rings. The fourth-order valence-electron chi connectivity index (χ4n) is 1.80. The number of methoxy groups -OCH3 is 1. The number of amides is 2. The van der Waals surface area contributed by atoms with Gasteiger partial charge in [0.25, 0.3) is 0 Å². The maximum Gasteiger partial charge on any atom is 0.319 e. The molecule has 128 valence electrons. The van der Waals surface area contributed by atoms with Gasteiger partial charge in [-0.05, 0) is 36.4 Å². The van der Waals surface area contributed by atoms with E-state index >= 15 is 0 Å². The first kappa shape index (κ1) is 17.7. The highest BCUT2D eigenvalue weighted by molar-refractivity contribution is 7.84. The predicted molar refractivity (Wildman–Crippen MR) is 93.3 cm³/mol. The van der Waals surface area contributed by atoms with Crippen LogP contribution in [-0.2, 0) is 10.8 Å². The van der Waals surface area contributed by atoms with Gasteiger partial charge < -0.3 is 20.1 Å². The molecule has 0 aliphatic carbocycles. The van der Waals surface area contributed by atoms with E-state index in [0.717, 1.165) is 5.75 Å². The summed E-state index contributed by atoms with van der Waals surface area (Å²) >= 11 is 0. The largest absolute Gasteiger partial charge is 0.497 e. The van der Waals surface area contributed by atoms with Crippen LogP contribution < -0.4 is 20.1 Å². The van der Waals surface area contributed by atoms with Gasteiger partial charge in [0.05, 0.1) is 7.11 Å². The number of urea groups is 1. The number of carbonyl (C=O) groups is 1. The van der Waals surface area contributed by atoms with Gasteiger partial charge in [0.1, 0.15) is 17.2 Å². The Morgan fingerprint density at radius 2 is 1.92 bits per heavy atom. The fourth-order valence-corrected chi connectivity index (χ4v) is 2.19. The predicted octanol–water partition coefficient (Wildman–Crippen LogP) is 2.38. The number of benzene rings is 1. The third kappa shape index (κ3) is 5.54. The zero-order valence-corrected chi connectivity index (χ0v) is 14.3. The van der Waals surface area contributed by atoms with Crippen molar-refractivity contribution >= 4 is 22.5 Å². The highest BCUT2D eigenvalue weighted by atomic mass is 32.2. The molecule has 1 atom stereocenters. The summed E-state index contributed by atoms with van der Waals surface area (Å²) in [5, 5.41) is 5.29. The Hall–Kier alpha value is -2.61.